The Morgan fingerprint density at radius 1 is 1.30 bits per heavy atom. The number of fused-ring (bicyclic) bond motifs is 1. The fourth-order valence-corrected chi connectivity index (χ4v) is 2.89. The van der Waals surface area contributed by atoms with Crippen molar-refractivity contribution in [1.29, 1.82) is 0 Å². The number of carbonyl (C=O) groups is 1. The van der Waals surface area contributed by atoms with Gasteiger partial charge in [-0.1, -0.05) is 23.7 Å². The van der Waals surface area contributed by atoms with E-state index in [4.69, 9.17) is 16.3 Å². The number of ether oxygens (including phenoxy) is 1. The van der Waals surface area contributed by atoms with Crippen molar-refractivity contribution in [2.24, 2.45) is 5.92 Å². The van der Waals surface area contributed by atoms with Crippen molar-refractivity contribution in [2.75, 3.05) is 13.2 Å². The maximum Gasteiger partial charge on any atom is 0.226 e. The van der Waals surface area contributed by atoms with Crippen LogP contribution < -0.4 is 10.1 Å². The van der Waals surface area contributed by atoms with Gasteiger partial charge in [0.25, 0.3) is 0 Å². The van der Waals surface area contributed by atoms with Crippen molar-refractivity contribution < 1.29 is 13.9 Å². The Kier molecular flexibility index (Phi) is 4.82. The van der Waals surface area contributed by atoms with Gasteiger partial charge in [0.05, 0.1) is 5.92 Å². The van der Waals surface area contributed by atoms with E-state index in [0.717, 1.165) is 16.9 Å². The van der Waals surface area contributed by atoms with Crippen LogP contribution in [0.25, 0.3) is 0 Å². The number of halogens is 2. The summed E-state index contributed by atoms with van der Waals surface area (Å²) < 4.78 is 18.7. The second kappa shape index (κ2) is 7.01. The van der Waals surface area contributed by atoms with E-state index in [1.807, 2.05) is 18.2 Å². The lowest BCUT2D eigenvalue weighted by atomic mass is 9.96. The molecule has 2 aromatic carbocycles. The molecule has 0 saturated carbocycles. The molecule has 0 fully saturated rings. The molecule has 0 aromatic heterocycles. The summed E-state index contributed by atoms with van der Waals surface area (Å²) in [7, 11) is 0. The summed E-state index contributed by atoms with van der Waals surface area (Å²) in [6.45, 7) is 0.835. The summed E-state index contributed by atoms with van der Waals surface area (Å²) in [6, 6.07) is 11.8. The van der Waals surface area contributed by atoms with Crippen LogP contribution in [-0.4, -0.2) is 19.1 Å². The average Bonchev–Trinajstić information content (AvgIpc) is 2.54. The smallest absolute Gasteiger partial charge is 0.226 e. The van der Waals surface area contributed by atoms with Crippen LogP contribution in [-0.2, 0) is 17.6 Å². The van der Waals surface area contributed by atoms with Gasteiger partial charge in [-0.05, 0) is 54.3 Å². The quantitative estimate of drug-likeness (QED) is 0.931. The fraction of sp³-hybridized carbons (Fsp3) is 0.278. The molecule has 1 aliphatic heterocycles. The Labute approximate surface area is 139 Å². The molecule has 0 bridgehead atoms. The van der Waals surface area contributed by atoms with Gasteiger partial charge in [-0.3, -0.25) is 4.79 Å². The van der Waals surface area contributed by atoms with Crippen molar-refractivity contribution in [1.82, 2.24) is 5.32 Å². The third-order valence-corrected chi connectivity index (χ3v) is 4.14. The van der Waals surface area contributed by atoms with Gasteiger partial charge >= 0.3 is 0 Å². The normalized spacial score (nSPS) is 16.3. The number of hydrogen-bond acceptors (Lipinski definition) is 2. The van der Waals surface area contributed by atoms with Crippen LogP contribution in [0.15, 0.2) is 42.5 Å². The molecule has 2 aromatic rings. The number of amides is 1. The summed E-state index contributed by atoms with van der Waals surface area (Å²) in [5.74, 6) is 0.252. The molecule has 0 unspecified atom stereocenters. The second-order valence-electron chi connectivity index (χ2n) is 5.64. The molecule has 3 rings (SSSR count). The summed E-state index contributed by atoms with van der Waals surface area (Å²) in [5.41, 5.74) is 1.82. The lowest BCUT2D eigenvalue weighted by Crippen LogP contribution is -2.38. The zero-order valence-corrected chi connectivity index (χ0v) is 13.3. The van der Waals surface area contributed by atoms with E-state index in [9.17, 15) is 9.18 Å². The van der Waals surface area contributed by atoms with Crippen molar-refractivity contribution in [3.05, 3.63) is 64.4 Å². The maximum absolute atomic E-state index is 13.1. The minimum Gasteiger partial charge on any atom is -0.492 e. The van der Waals surface area contributed by atoms with Crippen LogP contribution in [0.4, 0.5) is 4.39 Å². The molecule has 1 aliphatic rings. The van der Waals surface area contributed by atoms with Crippen LogP contribution in [0, 0.1) is 11.7 Å². The average molecular weight is 334 g/mol. The van der Waals surface area contributed by atoms with Gasteiger partial charge in [0, 0.05) is 11.6 Å². The fourth-order valence-electron chi connectivity index (χ4n) is 2.70. The molecule has 120 valence electrons. The first-order valence-corrected chi connectivity index (χ1v) is 7.93. The molecule has 0 radical (unpaired) electrons. The Bertz CT molecular complexity index is 720. The highest BCUT2D eigenvalue weighted by atomic mass is 35.5. The van der Waals surface area contributed by atoms with Gasteiger partial charge in [0.1, 0.15) is 18.2 Å². The highest BCUT2D eigenvalue weighted by molar-refractivity contribution is 6.30. The first-order valence-electron chi connectivity index (χ1n) is 7.55. The van der Waals surface area contributed by atoms with E-state index in [-0.39, 0.29) is 17.6 Å². The summed E-state index contributed by atoms with van der Waals surface area (Å²) in [5, 5.41) is 3.53. The van der Waals surface area contributed by atoms with Crippen LogP contribution in [0.1, 0.15) is 11.1 Å². The Morgan fingerprint density at radius 2 is 2.17 bits per heavy atom. The molecule has 1 amide bonds. The minimum absolute atomic E-state index is 0.0490. The number of carbonyl (C=O) groups excluding carboxylic acids is 1. The van der Waals surface area contributed by atoms with Crippen molar-refractivity contribution in [2.45, 2.75) is 12.8 Å². The van der Waals surface area contributed by atoms with E-state index in [1.165, 1.54) is 12.1 Å². The monoisotopic (exact) mass is 333 g/mol. The van der Waals surface area contributed by atoms with Gasteiger partial charge in [-0.15, -0.1) is 0 Å². The van der Waals surface area contributed by atoms with Crippen LogP contribution in [0.3, 0.4) is 0 Å². The standard InChI is InChI=1S/C18H17ClFNO2/c19-15-4-5-17-13(10-15)9-14(11-23-17)18(22)21-7-6-12-2-1-3-16(20)8-12/h1-5,8,10,14H,6-7,9,11H2,(H,21,22)/t14-/m0/s1. The Hall–Kier alpha value is -2.07. The van der Waals surface area contributed by atoms with Crippen molar-refractivity contribution >= 4 is 17.5 Å². The number of rotatable bonds is 4. The lowest BCUT2D eigenvalue weighted by molar-refractivity contribution is -0.126. The van der Waals surface area contributed by atoms with E-state index in [0.29, 0.717) is 31.0 Å². The molecule has 0 saturated heterocycles. The molecule has 3 nitrogen and oxygen atoms in total. The molecule has 0 aliphatic carbocycles. The van der Waals surface area contributed by atoms with Gasteiger partial charge in [-0.2, -0.15) is 0 Å². The second-order valence-corrected chi connectivity index (χ2v) is 6.07. The van der Waals surface area contributed by atoms with Gasteiger partial charge in [-0.25, -0.2) is 4.39 Å². The molecule has 23 heavy (non-hydrogen) atoms. The van der Waals surface area contributed by atoms with E-state index >= 15 is 0 Å². The van der Waals surface area contributed by atoms with Gasteiger partial charge in [0.2, 0.25) is 5.91 Å². The number of hydrogen-bond donors (Lipinski definition) is 1. The highest BCUT2D eigenvalue weighted by Gasteiger charge is 2.25. The first kappa shape index (κ1) is 15.8. The van der Waals surface area contributed by atoms with E-state index in [1.54, 1.807) is 12.1 Å². The Morgan fingerprint density at radius 3 is 3.00 bits per heavy atom. The summed E-state index contributed by atoms with van der Waals surface area (Å²) >= 11 is 5.98. The van der Waals surface area contributed by atoms with Crippen molar-refractivity contribution in [3.63, 3.8) is 0 Å². The topological polar surface area (TPSA) is 38.3 Å². The van der Waals surface area contributed by atoms with Crippen LogP contribution in [0.2, 0.25) is 5.02 Å². The van der Waals surface area contributed by atoms with Gasteiger partial charge < -0.3 is 10.1 Å². The molecule has 1 atom stereocenters. The third-order valence-electron chi connectivity index (χ3n) is 3.90. The lowest BCUT2D eigenvalue weighted by Gasteiger charge is -2.24. The Balaban J connectivity index is 1.53. The summed E-state index contributed by atoms with van der Waals surface area (Å²) in [4.78, 5) is 12.3. The largest absolute Gasteiger partial charge is 0.492 e. The van der Waals surface area contributed by atoms with E-state index in [2.05, 4.69) is 5.32 Å². The molecule has 5 heteroatoms. The zero-order chi connectivity index (χ0) is 16.2. The van der Waals surface area contributed by atoms with Crippen LogP contribution in [0.5, 0.6) is 5.75 Å². The van der Waals surface area contributed by atoms with Crippen LogP contribution >= 0.6 is 11.6 Å². The third kappa shape index (κ3) is 4.02. The molecule has 1 N–H and O–H groups in total. The highest BCUT2D eigenvalue weighted by Crippen LogP contribution is 2.29. The summed E-state index contributed by atoms with van der Waals surface area (Å²) in [6.07, 6.45) is 1.21. The predicted octanol–water partition coefficient (Wildman–Crippen LogP) is 3.39. The molecule has 1 heterocycles. The first-order chi connectivity index (χ1) is 11.1. The van der Waals surface area contributed by atoms with Crippen molar-refractivity contribution in [3.8, 4) is 5.75 Å². The molecular weight excluding hydrogens is 317 g/mol. The minimum atomic E-state index is -0.261. The SMILES string of the molecule is O=C(NCCc1cccc(F)c1)[C@@H]1COc2ccc(Cl)cc2C1. The predicted molar refractivity (Wildman–Crippen MR) is 87.3 cm³/mol. The number of nitrogens with one attached hydrogen (secondary N) is 1. The maximum atomic E-state index is 13.1. The molecular formula is C18H17ClFNO2. The zero-order valence-electron chi connectivity index (χ0n) is 12.5. The van der Waals surface area contributed by atoms with E-state index < -0.39 is 0 Å². The van der Waals surface area contributed by atoms with Gasteiger partial charge in [0.15, 0.2) is 0 Å². The number of benzene rings is 2. The molecule has 0 spiro atoms.